The lowest BCUT2D eigenvalue weighted by atomic mass is 10.0. The van der Waals surface area contributed by atoms with Crippen molar-refractivity contribution >= 4 is 33.4 Å². The van der Waals surface area contributed by atoms with E-state index in [2.05, 4.69) is 16.4 Å². The average Bonchev–Trinajstić information content (AvgIpc) is 3.03. The molecule has 2 amide bonds. The van der Waals surface area contributed by atoms with E-state index in [0.717, 1.165) is 42.6 Å². The van der Waals surface area contributed by atoms with Gasteiger partial charge in [0.05, 0.1) is 15.2 Å². The molecule has 3 rings (SSSR count). The van der Waals surface area contributed by atoms with Gasteiger partial charge < -0.3 is 10.2 Å². The molecule has 1 saturated heterocycles. The molecule has 1 atom stereocenters. The minimum atomic E-state index is -0.293. The Morgan fingerprint density at radius 1 is 1.33 bits per heavy atom. The molecule has 1 N–H and O–H groups in total. The van der Waals surface area contributed by atoms with Crippen molar-refractivity contribution in [2.75, 3.05) is 13.6 Å². The van der Waals surface area contributed by atoms with Gasteiger partial charge in [0, 0.05) is 20.0 Å². The number of rotatable bonds is 5. The van der Waals surface area contributed by atoms with Crippen molar-refractivity contribution in [3.8, 4) is 0 Å². The van der Waals surface area contributed by atoms with Gasteiger partial charge in [-0.25, -0.2) is 4.98 Å². The molecular formula is C18H23N3O2S. The zero-order chi connectivity index (χ0) is 16.9. The molecule has 0 unspecified atom stereocenters. The highest BCUT2D eigenvalue weighted by atomic mass is 32.1. The van der Waals surface area contributed by atoms with Crippen LogP contribution in [0.4, 0.5) is 0 Å². The first kappa shape index (κ1) is 16.9. The van der Waals surface area contributed by atoms with Crippen molar-refractivity contribution in [2.24, 2.45) is 0 Å². The van der Waals surface area contributed by atoms with Crippen LogP contribution in [0.15, 0.2) is 24.3 Å². The Labute approximate surface area is 146 Å². The summed E-state index contributed by atoms with van der Waals surface area (Å²) in [5.41, 5.74) is 1.03. The molecule has 128 valence electrons. The van der Waals surface area contributed by atoms with E-state index in [1.807, 2.05) is 18.2 Å². The Morgan fingerprint density at radius 2 is 2.17 bits per heavy atom. The van der Waals surface area contributed by atoms with Crippen molar-refractivity contribution in [3.05, 3.63) is 29.3 Å². The molecule has 6 heteroatoms. The lowest BCUT2D eigenvalue weighted by Gasteiger charge is -2.34. The van der Waals surface area contributed by atoms with Crippen LogP contribution in [-0.4, -0.2) is 41.3 Å². The van der Waals surface area contributed by atoms with E-state index in [0.29, 0.717) is 13.0 Å². The molecule has 1 aromatic carbocycles. The number of aryl methyl sites for hydroxylation is 1. The average molecular weight is 345 g/mol. The second kappa shape index (κ2) is 7.75. The van der Waals surface area contributed by atoms with Gasteiger partial charge in [-0.2, -0.15) is 0 Å². The number of likely N-dealkylation sites (tertiary alicyclic amines) is 1. The van der Waals surface area contributed by atoms with Gasteiger partial charge >= 0.3 is 0 Å². The molecule has 2 heterocycles. The Bertz CT molecular complexity index is 695. The van der Waals surface area contributed by atoms with Gasteiger partial charge in [-0.1, -0.05) is 12.1 Å². The van der Waals surface area contributed by atoms with E-state index in [-0.39, 0.29) is 17.9 Å². The summed E-state index contributed by atoms with van der Waals surface area (Å²) in [5.74, 6) is 0.0404. The Kier molecular flexibility index (Phi) is 5.45. The number of thiazole rings is 1. The van der Waals surface area contributed by atoms with Crippen LogP contribution in [0.3, 0.4) is 0 Å². The summed E-state index contributed by atoms with van der Waals surface area (Å²) >= 11 is 1.69. The van der Waals surface area contributed by atoms with Gasteiger partial charge in [0.2, 0.25) is 11.8 Å². The molecule has 1 aliphatic heterocycles. The smallest absolute Gasteiger partial charge is 0.242 e. The van der Waals surface area contributed by atoms with Crippen molar-refractivity contribution in [1.82, 2.24) is 15.2 Å². The van der Waals surface area contributed by atoms with Gasteiger partial charge in [0.1, 0.15) is 6.04 Å². The lowest BCUT2D eigenvalue weighted by Crippen LogP contribution is -2.51. The SMILES string of the molecule is CNC(=O)[C@H]1CCCCN1C(=O)CCCc1nc2ccccc2s1. The predicted octanol–water partition coefficient (Wildman–Crippen LogP) is 2.75. The first-order valence-electron chi connectivity index (χ1n) is 8.54. The van der Waals surface area contributed by atoms with Gasteiger partial charge in [-0.15, -0.1) is 11.3 Å². The number of amides is 2. The van der Waals surface area contributed by atoms with E-state index in [9.17, 15) is 9.59 Å². The molecule has 0 bridgehead atoms. The van der Waals surface area contributed by atoms with Gasteiger partial charge in [-0.3, -0.25) is 9.59 Å². The minimum absolute atomic E-state index is 0.0470. The van der Waals surface area contributed by atoms with Crippen LogP contribution in [0.1, 0.15) is 37.1 Å². The monoisotopic (exact) mass is 345 g/mol. The Hall–Kier alpha value is -1.95. The number of piperidine rings is 1. The molecular weight excluding hydrogens is 322 g/mol. The highest BCUT2D eigenvalue weighted by Gasteiger charge is 2.30. The number of para-hydroxylation sites is 1. The maximum Gasteiger partial charge on any atom is 0.242 e. The van der Waals surface area contributed by atoms with Crippen molar-refractivity contribution in [1.29, 1.82) is 0 Å². The molecule has 1 fully saturated rings. The molecule has 0 aliphatic carbocycles. The molecule has 0 saturated carbocycles. The van der Waals surface area contributed by atoms with Crippen LogP contribution in [0, 0.1) is 0 Å². The van der Waals surface area contributed by atoms with E-state index in [1.54, 1.807) is 23.3 Å². The number of carbonyl (C=O) groups is 2. The summed E-state index contributed by atoms with van der Waals surface area (Å²) in [6, 6.07) is 7.80. The third-order valence-corrected chi connectivity index (χ3v) is 5.59. The summed E-state index contributed by atoms with van der Waals surface area (Å²) < 4.78 is 1.19. The van der Waals surface area contributed by atoms with E-state index in [1.165, 1.54) is 4.70 Å². The molecule has 2 aromatic rings. The zero-order valence-electron chi connectivity index (χ0n) is 14.0. The van der Waals surface area contributed by atoms with E-state index >= 15 is 0 Å². The van der Waals surface area contributed by atoms with Crippen LogP contribution >= 0.6 is 11.3 Å². The predicted molar refractivity (Wildman–Crippen MR) is 96.0 cm³/mol. The Morgan fingerprint density at radius 3 is 2.96 bits per heavy atom. The molecule has 5 nitrogen and oxygen atoms in total. The molecule has 0 spiro atoms. The number of carbonyl (C=O) groups excluding carboxylic acids is 2. The summed E-state index contributed by atoms with van der Waals surface area (Å²) in [4.78, 5) is 30.9. The molecule has 0 radical (unpaired) electrons. The van der Waals surface area contributed by atoms with Crippen molar-refractivity contribution in [2.45, 2.75) is 44.6 Å². The van der Waals surface area contributed by atoms with E-state index < -0.39 is 0 Å². The standard InChI is InChI=1S/C18H23N3O2S/c1-19-18(23)14-8-4-5-12-21(14)17(22)11-6-10-16-20-13-7-2-3-9-15(13)24-16/h2-3,7,9,14H,4-6,8,10-12H2,1H3,(H,19,23)/t14-/m1/s1. The molecule has 1 aromatic heterocycles. The largest absolute Gasteiger partial charge is 0.357 e. The van der Waals surface area contributed by atoms with Crippen LogP contribution in [-0.2, 0) is 16.0 Å². The second-order valence-corrected chi connectivity index (χ2v) is 7.26. The summed E-state index contributed by atoms with van der Waals surface area (Å²) in [7, 11) is 1.63. The third-order valence-electron chi connectivity index (χ3n) is 4.49. The fourth-order valence-corrected chi connectivity index (χ4v) is 4.24. The van der Waals surface area contributed by atoms with Crippen LogP contribution < -0.4 is 5.32 Å². The van der Waals surface area contributed by atoms with Crippen molar-refractivity contribution in [3.63, 3.8) is 0 Å². The fraction of sp³-hybridized carbons (Fsp3) is 0.500. The number of hydrogen-bond donors (Lipinski definition) is 1. The van der Waals surface area contributed by atoms with Crippen LogP contribution in [0.2, 0.25) is 0 Å². The summed E-state index contributed by atoms with van der Waals surface area (Å²) in [5, 5.41) is 3.75. The lowest BCUT2D eigenvalue weighted by molar-refractivity contribution is -0.142. The third kappa shape index (κ3) is 3.75. The number of nitrogens with zero attached hydrogens (tertiary/aromatic N) is 2. The van der Waals surface area contributed by atoms with Gasteiger partial charge in [0.25, 0.3) is 0 Å². The number of benzene rings is 1. The van der Waals surface area contributed by atoms with E-state index in [4.69, 9.17) is 0 Å². The van der Waals surface area contributed by atoms with Gasteiger partial charge in [0.15, 0.2) is 0 Å². The number of hydrogen-bond acceptors (Lipinski definition) is 4. The molecule has 1 aliphatic rings. The fourth-order valence-electron chi connectivity index (χ4n) is 3.23. The second-order valence-electron chi connectivity index (χ2n) is 6.14. The number of likely N-dealkylation sites (N-methyl/N-ethyl adjacent to an activating group) is 1. The maximum absolute atomic E-state index is 12.5. The number of nitrogens with one attached hydrogen (secondary N) is 1. The molecule has 24 heavy (non-hydrogen) atoms. The summed E-state index contributed by atoms with van der Waals surface area (Å²) in [6.07, 6.45) is 4.82. The first-order valence-corrected chi connectivity index (χ1v) is 9.36. The van der Waals surface area contributed by atoms with Crippen LogP contribution in [0.25, 0.3) is 10.2 Å². The number of fused-ring (bicyclic) bond motifs is 1. The van der Waals surface area contributed by atoms with Crippen molar-refractivity contribution < 1.29 is 9.59 Å². The summed E-state index contributed by atoms with van der Waals surface area (Å²) in [6.45, 7) is 0.693. The maximum atomic E-state index is 12.5. The number of aromatic nitrogens is 1. The Balaban J connectivity index is 1.55. The minimum Gasteiger partial charge on any atom is -0.357 e. The highest BCUT2D eigenvalue weighted by Crippen LogP contribution is 2.23. The first-order chi connectivity index (χ1) is 11.7. The van der Waals surface area contributed by atoms with Gasteiger partial charge in [-0.05, 0) is 44.2 Å². The topological polar surface area (TPSA) is 62.3 Å². The highest BCUT2D eigenvalue weighted by molar-refractivity contribution is 7.18. The van der Waals surface area contributed by atoms with Crippen LogP contribution in [0.5, 0.6) is 0 Å². The zero-order valence-corrected chi connectivity index (χ0v) is 14.8. The normalized spacial score (nSPS) is 17.9. The quantitative estimate of drug-likeness (QED) is 0.906.